The predicted molar refractivity (Wildman–Crippen MR) is 75.5 cm³/mol. The Kier molecular flexibility index (Phi) is 4.95. The second kappa shape index (κ2) is 6.10. The first-order valence-corrected chi connectivity index (χ1v) is 9.08. The summed E-state index contributed by atoms with van der Waals surface area (Å²) in [5, 5.41) is -0.177. The van der Waals surface area contributed by atoms with Gasteiger partial charge < -0.3 is 0 Å². The van der Waals surface area contributed by atoms with Gasteiger partial charge in [-0.1, -0.05) is 32.1 Å². The molecule has 0 radical (unpaired) electrons. The van der Waals surface area contributed by atoms with E-state index in [1.54, 1.807) is 11.4 Å². The van der Waals surface area contributed by atoms with Crippen molar-refractivity contribution in [2.24, 2.45) is 0 Å². The van der Waals surface area contributed by atoms with Crippen LogP contribution in [0.4, 0.5) is 0 Å². The van der Waals surface area contributed by atoms with Gasteiger partial charge in [-0.15, -0.1) is 11.6 Å². The van der Waals surface area contributed by atoms with E-state index in [9.17, 15) is 8.42 Å². The molecule has 0 aromatic heterocycles. The largest absolute Gasteiger partial charge is 0.217 e. The summed E-state index contributed by atoms with van der Waals surface area (Å²) in [7, 11) is -1.41. The summed E-state index contributed by atoms with van der Waals surface area (Å²) in [5.41, 5.74) is 0. The molecule has 0 bridgehead atoms. The van der Waals surface area contributed by atoms with Crippen LogP contribution in [0.25, 0.3) is 0 Å². The van der Waals surface area contributed by atoms with Gasteiger partial charge in [0, 0.05) is 13.1 Å². The van der Waals surface area contributed by atoms with Gasteiger partial charge in [0.25, 0.3) is 0 Å². The second-order valence-corrected chi connectivity index (χ2v) is 8.52. The molecule has 2 aliphatic carbocycles. The van der Waals surface area contributed by atoms with Crippen LogP contribution in [0.2, 0.25) is 0 Å². The molecule has 2 saturated carbocycles. The highest BCUT2D eigenvalue weighted by Crippen LogP contribution is 2.32. The first-order valence-electron chi connectivity index (χ1n) is 7.14. The van der Waals surface area contributed by atoms with Gasteiger partial charge in [0.1, 0.15) is 0 Å². The lowest BCUT2D eigenvalue weighted by molar-refractivity contribution is 0.285. The molecule has 2 fully saturated rings. The molecule has 2 unspecified atom stereocenters. The van der Waals surface area contributed by atoms with Crippen molar-refractivity contribution in [3.63, 3.8) is 0 Å². The third kappa shape index (κ3) is 3.02. The van der Waals surface area contributed by atoms with E-state index in [0.717, 1.165) is 51.4 Å². The van der Waals surface area contributed by atoms with E-state index in [4.69, 9.17) is 11.6 Å². The normalized spacial score (nSPS) is 31.7. The zero-order valence-electron chi connectivity index (χ0n) is 11.1. The van der Waals surface area contributed by atoms with Crippen LogP contribution in [0, 0.1) is 0 Å². The van der Waals surface area contributed by atoms with Gasteiger partial charge in [-0.25, -0.2) is 12.7 Å². The lowest BCUT2D eigenvalue weighted by Gasteiger charge is -2.36. The lowest BCUT2D eigenvalue weighted by atomic mass is 9.95. The van der Waals surface area contributed by atoms with E-state index in [1.807, 2.05) is 0 Å². The Labute approximate surface area is 116 Å². The molecular formula is C13H24ClNO2S. The van der Waals surface area contributed by atoms with Gasteiger partial charge in [-0.05, 0) is 25.7 Å². The zero-order valence-corrected chi connectivity index (χ0v) is 12.7. The third-order valence-corrected chi connectivity index (χ3v) is 7.39. The summed E-state index contributed by atoms with van der Waals surface area (Å²) in [4.78, 5) is 0. The summed E-state index contributed by atoms with van der Waals surface area (Å²) in [6, 6.07) is 0.00680. The van der Waals surface area contributed by atoms with Crippen molar-refractivity contribution in [2.45, 2.75) is 74.5 Å². The maximum absolute atomic E-state index is 12.6. The summed E-state index contributed by atoms with van der Waals surface area (Å²) in [6.07, 6.45) is 9.00. The monoisotopic (exact) mass is 293 g/mol. The number of alkyl halides is 1. The molecule has 0 saturated heterocycles. The van der Waals surface area contributed by atoms with Gasteiger partial charge in [-0.3, -0.25) is 0 Å². The van der Waals surface area contributed by atoms with Gasteiger partial charge >= 0.3 is 0 Å². The van der Waals surface area contributed by atoms with E-state index >= 15 is 0 Å². The van der Waals surface area contributed by atoms with Gasteiger partial charge in [0.2, 0.25) is 10.0 Å². The zero-order chi connectivity index (χ0) is 13.2. The molecule has 0 N–H and O–H groups in total. The van der Waals surface area contributed by atoms with Crippen LogP contribution >= 0.6 is 11.6 Å². The van der Waals surface area contributed by atoms with Crippen molar-refractivity contribution < 1.29 is 8.42 Å². The van der Waals surface area contributed by atoms with Crippen LogP contribution in [0.15, 0.2) is 0 Å². The van der Waals surface area contributed by atoms with E-state index in [0.29, 0.717) is 0 Å². The van der Waals surface area contributed by atoms with Gasteiger partial charge in [0.05, 0.1) is 10.6 Å². The van der Waals surface area contributed by atoms with Crippen LogP contribution in [0.5, 0.6) is 0 Å². The molecule has 2 rings (SSSR count). The van der Waals surface area contributed by atoms with Gasteiger partial charge in [-0.2, -0.15) is 0 Å². The van der Waals surface area contributed by atoms with Crippen LogP contribution in [-0.4, -0.2) is 36.4 Å². The van der Waals surface area contributed by atoms with Gasteiger partial charge in [0.15, 0.2) is 0 Å². The van der Waals surface area contributed by atoms with Crippen LogP contribution in [0.3, 0.4) is 0 Å². The SMILES string of the molecule is CN(C1CCCCC1Cl)S(=O)(=O)C1CCCCC1. The topological polar surface area (TPSA) is 37.4 Å². The fourth-order valence-corrected chi connectivity index (χ4v) is 5.81. The molecule has 2 atom stereocenters. The molecule has 0 amide bonds. The molecule has 3 nitrogen and oxygen atoms in total. The van der Waals surface area contributed by atoms with Crippen molar-refractivity contribution in [1.29, 1.82) is 0 Å². The molecule has 0 aromatic carbocycles. The first kappa shape index (κ1) is 14.6. The number of nitrogens with zero attached hydrogens (tertiary/aromatic N) is 1. The molecule has 0 aromatic rings. The Hall–Kier alpha value is 0.200. The standard InChI is InChI=1S/C13H24ClNO2S/c1-15(13-10-6-5-9-12(13)14)18(16,17)11-7-3-2-4-8-11/h11-13H,2-10H2,1H3. The quantitative estimate of drug-likeness (QED) is 0.750. The fourth-order valence-electron chi connectivity index (χ4n) is 3.26. The predicted octanol–water partition coefficient (Wildman–Crippen LogP) is 3.13. The minimum atomic E-state index is -3.15. The lowest BCUT2D eigenvalue weighted by Crippen LogP contribution is -2.48. The van der Waals surface area contributed by atoms with Crippen LogP contribution < -0.4 is 0 Å². The third-order valence-electron chi connectivity index (χ3n) is 4.49. The summed E-state index contributed by atoms with van der Waals surface area (Å²) < 4.78 is 26.8. The maximum atomic E-state index is 12.6. The van der Waals surface area contributed by atoms with E-state index < -0.39 is 10.0 Å². The first-order chi connectivity index (χ1) is 8.53. The highest BCUT2D eigenvalue weighted by molar-refractivity contribution is 7.89. The molecule has 2 aliphatic rings. The molecule has 0 heterocycles. The van der Waals surface area contributed by atoms with Crippen molar-refractivity contribution in [3.8, 4) is 0 Å². The van der Waals surface area contributed by atoms with Crippen molar-refractivity contribution in [1.82, 2.24) is 4.31 Å². The van der Waals surface area contributed by atoms with E-state index in [2.05, 4.69) is 0 Å². The van der Waals surface area contributed by atoms with E-state index in [1.165, 1.54) is 6.42 Å². The summed E-state index contributed by atoms with van der Waals surface area (Å²) in [5.74, 6) is 0. The molecular weight excluding hydrogens is 270 g/mol. The Morgan fingerprint density at radius 2 is 1.50 bits per heavy atom. The highest BCUT2D eigenvalue weighted by Gasteiger charge is 2.37. The van der Waals surface area contributed by atoms with Crippen LogP contribution in [-0.2, 0) is 10.0 Å². The Balaban J connectivity index is 2.07. The van der Waals surface area contributed by atoms with Crippen molar-refractivity contribution >= 4 is 21.6 Å². The molecule has 0 aliphatic heterocycles. The molecule has 106 valence electrons. The Morgan fingerprint density at radius 1 is 0.944 bits per heavy atom. The number of rotatable bonds is 3. The smallest absolute Gasteiger partial charge is 0.212 e. The van der Waals surface area contributed by atoms with E-state index in [-0.39, 0.29) is 16.7 Å². The number of hydrogen-bond donors (Lipinski definition) is 0. The fraction of sp³-hybridized carbons (Fsp3) is 1.00. The Bertz CT molecular complexity index is 365. The van der Waals surface area contributed by atoms with Crippen molar-refractivity contribution in [3.05, 3.63) is 0 Å². The number of halogens is 1. The molecule has 0 spiro atoms. The number of sulfonamides is 1. The van der Waals surface area contributed by atoms with Crippen molar-refractivity contribution in [2.75, 3.05) is 7.05 Å². The van der Waals surface area contributed by atoms with Crippen LogP contribution in [0.1, 0.15) is 57.8 Å². The second-order valence-electron chi connectivity index (χ2n) is 5.69. The summed E-state index contributed by atoms with van der Waals surface area (Å²) in [6.45, 7) is 0. The number of hydrogen-bond acceptors (Lipinski definition) is 2. The minimum Gasteiger partial charge on any atom is -0.212 e. The molecule has 5 heteroatoms. The minimum absolute atomic E-state index is 0.00680. The maximum Gasteiger partial charge on any atom is 0.217 e. The Morgan fingerprint density at radius 3 is 2.11 bits per heavy atom. The molecule has 18 heavy (non-hydrogen) atoms. The summed E-state index contributed by atoms with van der Waals surface area (Å²) >= 11 is 6.32. The average molecular weight is 294 g/mol. The highest BCUT2D eigenvalue weighted by atomic mass is 35.5. The average Bonchev–Trinajstić information content (AvgIpc) is 2.39.